The third-order valence-corrected chi connectivity index (χ3v) is 4.79. The molecule has 1 saturated carbocycles. The summed E-state index contributed by atoms with van der Waals surface area (Å²) in [7, 11) is 0. The average Bonchev–Trinajstić information content (AvgIpc) is 3.30. The topological polar surface area (TPSA) is 15.3 Å². The third kappa shape index (κ3) is 5.44. The number of nitrogens with one attached hydrogen (secondary N) is 1. The Morgan fingerprint density at radius 1 is 1.24 bits per heavy atom. The molecule has 0 saturated heterocycles. The number of nitrogens with zero attached hydrogens (tertiary/aromatic N) is 1. The standard InChI is InChI=1S/C19H32N2/c1-5-19(4,14-20-18-11-12-18)15-21(16(2)3)13-17-9-7-6-8-10-17/h6-10,16,18,20H,5,11-15H2,1-4H3. The van der Waals surface area contributed by atoms with Gasteiger partial charge in [-0.2, -0.15) is 0 Å². The van der Waals surface area contributed by atoms with E-state index < -0.39 is 0 Å². The minimum Gasteiger partial charge on any atom is -0.313 e. The monoisotopic (exact) mass is 288 g/mol. The van der Waals surface area contributed by atoms with Crippen LogP contribution in [-0.4, -0.2) is 30.1 Å². The zero-order chi connectivity index (χ0) is 15.3. The molecular weight excluding hydrogens is 256 g/mol. The first-order valence-corrected chi connectivity index (χ1v) is 8.54. The summed E-state index contributed by atoms with van der Waals surface area (Å²) >= 11 is 0. The van der Waals surface area contributed by atoms with Gasteiger partial charge in [0.1, 0.15) is 0 Å². The molecule has 2 heteroatoms. The van der Waals surface area contributed by atoms with Gasteiger partial charge in [0.25, 0.3) is 0 Å². The van der Waals surface area contributed by atoms with E-state index in [4.69, 9.17) is 0 Å². The SMILES string of the molecule is CCC(C)(CNC1CC1)CN(Cc1ccccc1)C(C)C. The summed E-state index contributed by atoms with van der Waals surface area (Å²) in [6.07, 6.45) is 3.97. The molecule has 1 aromatic carbocycles. The highest BCUT2D eigenvalue weighted by Crippen LogP contribution is 2.27. The van der Waals surface area contributed by atoms with Crippen molar-refractivity contribution in [2.45, 2.75) is 65.6 Å². The Morgan fingerprint density at radius 3 is 2.43 bits per heavy atom. The van der Waals surface area contributed by atoms with Crippen LogP contribution in [-0.2, 0) is 6.54 Å². The lowest BCUT2D eigenvalue weighted by Crippen LogP contribution is -2.44. The van der Waals surface area contributed by atoms with Gasteiger partial charge in [0.05, 0.1) is 0 Å². The van der Waals surface area contributed by atoms with E-state index in [0.29, 0.717) is 11.5 Å². The number of hydrogen-bond acceptors (Lipinski definition) is 2. The lowest BCUT2D eigenvalue weighted by atomic mass is 9.86. The second-order valence-electron chi connectivity index (χ2n) is 7.30. The molecule has 1 atom stereocenters. The van der Waals surface area contributed by atoms with Crippen molar-refractivity contribution in [2.24, 2.45) is 5.41 Å². The number of rotatable bonds is 9. The number of hydrogen-bond donors (Lipinski definition) is 1. The van der Waals surface area contributed by atoms with E-state index in [9.17, 15) is 0 Å². The Labute approximate surface area is 130 Å². The molecular formula is C19H32N2. The Morgan fingerprint density at radius 2 is 1.90 bits per heavy atom. The minimum absolute atomic E-state index is 0.363. The Bertz CT molecular complexity index is 411. The Balaban J connectivity index is 1.95. The summed E-state index contributed by atoms with van der Waals surface area (Å²) in [5.74, 6) is 0. The van der Waals surface area contributed by atoms with E-state index in [2.05, 4.69) is 68.2 Å². The average molecular weight is 288 g/mol. The molecule has 2 rings (SSSR count). The fraction of sp³-hybridized carbons (Fsp3) is 0.684. The smallest absolute Gasteiger partial charge is 0.0236 e. The highest BCUT2D eigenvalue weighted by atomic mass is 15.2. The van der Waals surface area contributed by atoms with Gasteiger partial charge in [-0.3, -0.25) is 4.90 Å². The van der Waals surface area contributed by atoms with Crippen LogP contribution in [0, 0.1) is 5.41 Å². The van der Waals surface area contributed by atoms with Crippen molar-refractivity contribution in [1.29, 1.82) is 0 Å². The molecule has 1 N–H and O–H groups in total. The van der Waals surface area contributed by atoms with Gasteiger partial charge in [-0.1, -0.05) is 44.2 Å². The maximum atomic E-state index is 3.73. The van der Waals surface area contributed by atoms with Crippen molar-refractivity contribution in [1.82, 2.24) is 10.2 Å². The molecule has 0 radical (unpaired) electrons. The summed E-state index contributed by atoms with van der Waals surface area (Å²) in [5, 5.41) is 3.73. The first-order chi connectivity index (χ1) is 10.0. The van der Waals surface area contributed by atoms with Crippen molar-refractivity contribution in [3.8, 4) is 0 Å². The largest absolute Gasteiger partial charge is 0.313 e. The first-order valence-electron chi connectivity index (χ1n) is 8.54. The van der Waals surface area contributed by atoms with E-state index in [1.807, 2.05) is 0 Å². The van der Waals surface area contributed by atoms with Crippen LogP contribution in [0.3, 0.4) is 0 Å². The molecule has 1 aliphatic carbocycles. The van der Waals surface area contributed by atoms with E-state index in [1.165, 1.54) is 24.8 Å². The van der Waals surface area contributed by atoms with Crippen molar-refractivity contribution < 1.29 is 0 Å². The van der Waals surface area contributed by atoms with Crippen LogP contribution >= 0.6 is 0 Å². The molecule has 2 nitrogen and oxygen atoms in total. The zero-order valence-electron chi connectivity index (χ0n) is 14.2. The van der Waals surface area contributed by atoms with Crippen molar-refractivity contribution in [2.75, 3.05) is 13.1 Å². The molecule has 21 heavy (non-hydrogen) atoms. The van der Waals surface area contributed by atoms with Crippen LogP contribution in [0.1, 0.15) is 52.5 Å². The Kier molecular flexibility index (Phi) is 5.83. The van der Waals surface area contributed by atoms with E-state index >= 15 is 0 Å². The predicted molar refractivity (Wildman–Crippen MR) is 91.4 cm³/mol. The van der Waals surface area contributed by atoms with Gasteiger partial charge < -0.3 is 5.32 Å². The summed E-state index contributed by atoms with van der Waals surface area (Å²) in [6.45, 7) is 12.7. The van der Waals surface area contributed by atoms with Crippen LogP contribution in [0.15, 0.2) is 30.3 Å². The fourth-order valence-electron chi connectivity index (χ4n) is 2.70. The van der Waals surface area contributed by atoms with E-state index in [-0.39, 0.29) is 0 Å². The molecule has 0 aliphatic heterocycles. The molecule has 0 aromatic heterocycles. The lowest BCUT2D eigenvalue weighted by molar-refractivity contribution is 0.120. The van der Waals surface area contributed by atoms with Crippen LogP contribution in [0.2, 0.25) is 0 Å². The van der Waals surface area contributed by atoms with Crippen LogP contribution in [0.4, 0.5) is 0 Å². The molecule has 118 valence electrons. The van der Waals surface area contributed by atoms with Crippen molar-refractivity contribution >= 4 is 0 Å². The summed E-state index contributed by atoms with van der Waals surface area (Å²) in [4.78, 5) is 2.62. The normalized spacial score (nSPS) is 18.2. The highest BCUT2D eigenvalue weighted by Gasteiger charge is 2.29. The zero-order valence-corrected chi connectivity index (χ0v) is 14.2. The van der Waals surface area contributed by atoms with Gasteiger partial charge in [0.2, 0.25) is 0 Å². The molecule has 1 fully saturated rings. The van der Waals surface area contributed by atoms with Gasteiger partial charge in [-0.05, 0) is 44.1 Å². The van der Waals surface area contributed by atoms with Gasteiger partial charge in [-0.25, -0.2) is 0 Å². The van der Waals surface area contributed by atoms with Crippen LogP contribution in [0.25, 0.3) is 0 Å². The van der Waals surface area contributed by atoms with E-state index in [0.717, 1.165) is 25.7 Å². The molecule has 1 unspecified atom stereocenters. The first kappa shape index (κ1) is 16.5. The molecule has 0 spiro atoms. The summed E-state index contributed by atoms with van der Waals surface area (Å²) in [6, 6.07) is 12.2. The quantitative estimate of drug-likeness (QED) is 0.737. The molecule has 0 heterocycles. The highest BCUT2D eigenvalue weighted by molar-refractivity contribution is 5.14. The molecule has 1 aliphatic rings. The van der Waals surface area contributed by atoms with E-state index in [1.54, 1.807) is 0 Å². The van der Waals surface area contributed by atoms with Crippen molar-refractivity contribution in [3.05, 3.63) is 35.9 Å². The Hall–Kier alpha value is -0.860. The minimum atomic E-state index is 0.363. The summed E-state index contributed by atoms with van der Waals surface area (Å²) < 4.78 is 0. The second kappa shape index (κ2) is 7.42. The van der Waals surface area contributed by atoms with Crippen LogP contribution in [0.5, 0.6) is 0 Å². The molecule has 0 amide bonds. The fourth-order valence-corrected chi connectivity index (χ4v) is 2.70. The van der Waals surface area contributed by atoms with Gasteiger partial charge in [0, 0.05) is 31.7 Å². The second-order valence-corrected chi connectivity index (χ2v) is 7.30. The van der Waals surface area contributed by atoms with Gasteiger partial charge in [0.15, 0.2) is 0 Å². The van der Waals surface area contributed by atoms with Gasteiger partial charge >= 0.3 is 0 Å². The summed E-state index contributed by atoms with van der Waals surface area (Å²) in [5.41, 5.74) is 1.78. The predicted octanol–water partition coefficient (Wildman–Crippen LogP) is 4.07. The van der Waals surface area contributed by atoms with Crippen LogP contribution < -0.4 is 5.32 Å². The molecule has 0 bridgehead atoms. The maximum Gasteiger partial charge on any atom is 0.0236 e. The lowest BCUT2D eigenvalue weighted by Gasteiger charge is -2.37. The van der Waals surface area contributed by atoms with Gasteiger partial charge in [-0.15, -0.1) is 0 Å². The molecule has 1 aromatic rings. The third-order valence-electron chi connectivity index (χ3n) is 4.79. The maximum absolute atomic E-state index is 3.73. The number of benzene rings is 1. The van der Waals surface area contributed by atoms with Crippen molar-refractivity contribution in [3.63, 3.8) is 0 Å².